The Balaban J connectivity index is 2.36. The third kappa shape index (κ3) is 5.31. The average Bonchev–Trinajstić information content (AvgIpc) is 2.58. The largest absolute Gasteiger partial charge is 0.376 e. The van der Waals surface area contributed by atoms with E-state index in [0.29, 0.717) is 0 Å². The van der Waals surface area contributed by atoms with Gasteiger partial charge < -0.3 is 4.74 Å². The van der Waals surface area contributed by atoms with Gasteiger partial charge >= 0.3 is 0 Å². The van der Waals surface area contributed by atoms with Crippen LogP contribution in [0.15, 0.2) is 6.20 Å². The number of hydrogen-bond acceptors (Lipinski definition) is 3. The van der Waals surface area contributed by atoms with E-state index in [1.54, 1.807) is 0 Å². The molecule has 0 radical (unpaired) electrons. The number of ether oxygens (including phenoxy) is 1. The molecule has 1 aromatic heterocycles. The Bertz CT molecular complexity index is 344. The first kappa shape index (κ1) is 14.2. The van der Waals surface area contributed by atoms with Crippen LogP contribution < -0.4 is 0 Å². The van der Waals surface area contributed by atoms with Crippen LogP contribution in [-0.4, -0.2) is 27.2 Å². The second-order valence-corrected chi connectivity index (χ2v) is 6.43. The molecule has 0 fully saturated rings. The van der Waals surface area contributed by atoms with Crippen molar-refractivity contribution in [2.24, 2.45) is 0 Å². The monoisotopic (exact) mass is 239 g/mol. The van der Waals surface area contributed by atoms with E-state index in [1.807, 2.05) is 10.9 Å². The zero-order valence-electron chi connectivity index (χ0n) is 11.9. The molecule has 0 aliphatic rings. The number of aromatic nitrogens is 3. The second-order valence-electron chi connectivity index (χ2n) is 6.43. The smallest absolute Gasteiger partial charge is 0.0880 e. The molecule has 0 unspecified atom stereocenters. The van der Waals surface area contributed by atoms with Crippen molar-refractivity contribution >= 4 is 0 Å². The molecule has 0 saturated carbocycles. The molecule has 0 atom stereocenters. The summed E-state index contributed by atoms with van der Waals surface area (Å²) in [5.74, 6) is 0. The highest BCUT2D eigenvalue weighted by Gasteiger charge is 2.17. The van der Waals surface area contributed by atoms with Gasteiger partial charge in [-0.25, -0.2) is 0 Å². The minimum absolute atomic E-state index is 0.0566. The van der Waals surface area contributed by atoms with Crippen LogP contribution in [-0.2, 0) is 16.7 Å². The molecule has 0 aromatic carbocycles. The maximum absolute atomic E-state index is 5.66. The lowest BCUT2D eigenvalue weighted by atomic mass is 9.93. The topological polar surface area (TPSA) is 39.9 Å². The number of hydrogen-bond donors (Lipinski definition) is 0. The van der Waals surface area contributed by atoms with Crippen LogP contribution in [0.2, 0.25) is 0 Å². The summed E-state index contributed by atoms with van der Waals surface area (Å²) in [6.45, 7) is 14.3. The molecule has 0 aliphatic carbocycles. The summed E-state index contributed by atoms with van der Waals surface area (Å²) in [4.78, 5) is 0. The van der Waals surface area contributed by atoms with Gasteiger partial charge in [-0.05, 0) is 27.2 Å². The Labute approximate surface area is 104 Å². The first-order valence-electron chi connectivity index (χ1n) is 6.23. The lowest BCUT2D eigenvalue weighted by molar-refractivity contribution is -0.00558. The third-order valence-corrected chi connectivity index (χ3v) is 2.37. The summed E-state index contributed by atoms with van der Waals surface area (Å²) in [7, 11) is 0. The van der Waals surface area contributed by atoms with Crippen LogP contribution in [0, 0.1) is 0 Å². The molecule has 0 amide bonds. The molecule has 1 rings (SSSR count). The van der Waals surface area contributed by atoms with Crippen LogP contribution in [0.1, 0.15) is 53.7 Å². The molecule has 1 aromatic rings. The minimum Gasteiger partial charge on any atom is -0.376 e. The highest BCUT2D eigenvalue weighted by Crippen LogP contribution is 2.18. The van der Waals surface area contributed by atoms with Gasteiger partial charge in [-0.3, -0.25) is 4.68 Å². The van der Waals surface area contributed by atoms with Gasteiger partial charge in [0.1, 0.15) is 0 Å². The summed E-state index contributed by atoms with van der Waals surface area (Å²) < 4.78 is 7.56. The molecule has 17 heavy (non-hydrogen) atoms. The Morgan fingerprint density at radius 3 is 2.29 bits per heavy atom. The van der Waals surface area contributed by atoms with Crippen molar-refractivity contribution in [1.82, 2.24) is 15.0 Å². The molecule has 98 valence electrons. The maximum Gasteiger partial charge on any atom is 0.0880 e. The van der Waals surface area contributed by atoms with Crippen molar-refractivity contribution in [3.8, 4) is 0 Å². The van der Waals surface area contributed by atoms with E-state index < -0.39 is 0 Å². The van der Waals surface area contributed by atoms with Crippen molar-refractivity contribution in [3.63, 3.8) is 0 Å². The molecule has 0 N–H and O–H groups in total. The first-order valence-corrected chi connectivity index (χ1v) is 6.23. The van der Waals surface area contributed by atoms with Crippen molar-refractivity contribution < 1.29 is 4.74 Å². The third-order valence-electron chi connectivity index (χ3n) is 2.37. The molecular formula is C13H25N3O. The van der Waals surface area contributed by atoms with Crippen LogP contribution in [0.3, 0.4) is 0 Å². The fourth-order valence-electron chi connectivity index (χ4n) is 1.36. The molecule has 0 saturated heterocycles. The van der Waals surface area contributed by atoms with E-state index >= 15 is 0 Å². The Kier molecular flexibility index (Phi) is 4.31. The van der Waals surface area contributed by atoms with E-state index in [2.05, 4.69) is 51.9 Å². The molecular weight excluding hydrogens is 214 g/mol. The second kappa shape index (κ2) is 5.17. The maximum atomic E-state index is 5.66. The zero-order chi connectivity index (χ0) is 13.1. The predicted molar refractivity (Wildman–Crippen MR) is 69.0 cm³/mol. The minimum atomic E-state index is -0.0566. The summed E-state index contributed by atoms with van der Waals surface area (Å²) in [6, 6.07) is 0. The summed E-state index contributed by atoms with van der Waals surface area (Å²) in [6.07, 6.45) is 2.99. The Morgan fingerprint density at radius 2 is 1.82 bits per heavy atom. The van der Waals surface area contributed by atoms with Gasteiger partial charge in [0.2, 0.25) is 0 Å². The molecule has 4 nitrogen and oxygen atoms in total. The quantitative estimate of drug-likeness (QED) is 0.758. The van der Waals surface area contributed by atoms with Gasteiger partial charge in [-0.2, -0.15) is 0 Å². The summed E-state index contributed by atoms with van der Waals surface area (Å²) in [5, 5.41) is 8.31. The number of rotatable bonds is 4. The molecule has 0 spiro atoms. The van der Waals surface area contributed by atoms with E-state index in [4.69, 9.17) is 4.74 Å². The van der Waals surface area contributed by atoms with E-state index in [1.165, 1.54) is 0 Å². The van der Waals surface area contributed by atoms with Gasteiger partial charge in [0, 0.05) is 24.8 Å². The number of aryl methyl sites for hydroxylation is 1. The number of nitrogens with zero attached hydrogens (tertiary/aromatic N) is 3. The van der Waals surface area contributed by atoms with Gasteiger partial charge in [-0.1, -0.05) is 26.0 Å². The van der Waals surface area contributed by atoms with Gasteiger partial charge in [0.15, 0.2) is 0 Å². The molecule has 1 heterocycles. The molecule has 0 aliphatic heterocycles. The molecule has 4 heteroatoms. The summed E-state index contributed by atoms with van der Waals surface area (Å²) >= 11 is 0. The van der Waals surface area contributed by atoms with Crippen LogP contribution in [0.5, 0.6) is 0 Å². The van der Waals surface area contributed by atoms with Gasteiger partial charge in [0.25, 0.3) is 0 Å². The average molecular weight is 239 g/mol. The zero-order valence-corrected chi connectivity index (χ0v) is 11.9. The SMILES string of the molecule is CC(C)(C)OCCCn1cc(C(C)(C)C)nn1. The highest BCUT2D eigenvalue weighted by atomic mass is 16.5. The summed E-state index contributed by atoms with van der Waals surface area (Å²) in [5.41, 5.74) is 1.05. The fraction of sp³-hybridized carbons (Fsp3) is 0.846. The fourth-order valence-corrected chi connectivity index (χ4v) is 1.36. The lowest BCUT2D eigenvalue weighted by Crippen LogP contribution is -2.20. The standard InChI is InChI=1S/C13H25N3O/c1-12(2,3)11-10-16(15-14-11)8-7-9-17-13(4,5)6/h10H,7-9H2,1-6H3. The first-order chi connectivity index (χ1) is 7.68. The van der Waals surface area contributed by atoms with E-state index in [9.17, 15) is 0 Å². The van der Waals surface area contributed by atoms with Gasteiger partial charge in [0.05, 0.1) is 11.3 Å². The van der Waals surface area contributed by atoms with Crippen molar-refractivity contribution in [1.29, 1.82) is 0 Å². The predicted octanol–water partition coefficient (Wildman–Crippen LogP) is 2.78. The van der Waals surface area contributed by atoms with Crippen LogP contribution >= 0.6 is 0 Å². The van der Waals surface area contributed by atoms with Crippen molar-refractivity contribution in [3.05, 3.63) is 11.9 Å². The van der Waals surface area contributed by atoms with E-state index in [0.717, 1.165) is 25.3 Å². The van der Waals surface area contributed by atoms with Crippen molar-refractivity contribution in [2.45, 2.75) is 65.5 Å². The van der Waals surface area contributed by atoms with Crippen LogP contribution in [0.25, 0.3) is 0 Å². The van der Waals surface area contributed by atoms with E-state index in [-0.39, 0.29) is 11.0 Å². The van der Waals surface area contributed by atoms with Gasteiger partial charge in [-0.15, -0.1) is 5.10 Å². The highest BCUT2D eigenvalue weighted by molar-refractivity contribution is 5.06. The normalized spacial score (nSPS) is 13.1. The Morgan fingerprint density at radius 1 is 1.18 bits per heavy atom. The lowest BCUT2D eigenvalue weighted by Gasteiger charge is -2.19. The van der Waals surface area contributed by atoms with Crippen molar-refractivity contribution in [2.75, 3.05) is 6.61 Å². The molecule has 0 bridgehead atoms. The van der Waals surface area contributed by atoms with Crippen LogP contribution in [0.4, 0.5) is 0 Å². The Hall–Kier alpha value is -0.900.